The Morgan fingerprint density at radius 2 is 1.66 bits per heavy atom. The number of fused-ring (bicyclic) bond motifs is 1. The first-order valence-corrected chi connectivity index (χ1v) is 11.8. The lowest BCUT2D eigenvalue weighted by Crippen LogP contribution is -2.41. The summed E-state index contributed by atoms with van der Waals surface area (Å²) in [5.41, 5.74) is 3.06. The fourth-order valence-corrected chi connectivity index (χ4v) is 8.23. The van der Waals surface area contributed by atoms with E-state index in [2.05, 4.69) is 33.6 Å². The largest absolute Gasteiger partial charge is 0.642 e. The molecule has 0 spiro atoms. The molecule has 2 atom stereocenters. The predicted molar refractivity (Wildman–Crippen MR) is 119 cm³/mol. The van der Waals surface area contributed by atoms with Crippen LogP contribution < -0.4 is 19.6 Å². The lowest BCUT2D eigenvalue weighted by Gasteiger charge is -2.40. The summed E-state index contributed by atoms with van der Waals surface area (Å²) in [4.78, 5) is 14.9. The van der Waals surface area contributed by atoms with E-state index >= 15 is 0 Å². The molecule has 29 heavy (non-hydrogen) atoms. The summed E-state index contributed by atoms with van der Waals surface area (Å²) >= 11 is 0. The lowest BCUT2D eigenvalue weighted by atomic mass is 10.0. The van der Waals surface area contributed by atoms with Gasteiger partial charge in [-0.1, -0.05) is 60.7 Å². The number of methoxy groups -OCH3 is 1. The fourth-order valence-electron chi connectivity index (χ4n) is 4.76. The summed E-state index contributed by atoms with van der Waals surface area (Å²) in [7, 11) is -1.34. The summed E-state index contributed by atoms with van der Waals surface area (Å²) in [5, 5.41) is 0.801. The first kappa shape index (κ1) is 18.6. The van der Waals surface area contributed by atoms with Crippen LogP contribution in [0.15, 0.2) is 78.9 Å². The van der Waals surface area contributed by atoms with Crippen LogP contribution in [0.4, 0.5) is 5.69 Å². The zero-order valence-corrected chi connectivity index (χ0v) is 17.5. The third kappa shape index (κ3) is 2.95. The Morgan fingerprint density at radius 1 is 0.931 bits per heavy atom. The van der Waals surface area contributed by atoms with Crippen molar-refractivity contribution in [2.24, 2.45) is 0 Å². The third-order valence-corrected chi connectivity index (χ3v) is 9.31. The van der Waals surface area contributed by atoms with E-state index in [1.165, 1.54) is 0 Å². The zero-order chi connectivity index (χ0) is 19.8. The molecule has 5 rings (SSSR count). The number of ether oxygens (including phenoxy) is 1. The van der Waals surface area contributed by atoms with Crippen LogP contribution in [0.25, 0.3) is 11.1 Å². The summed E-state index contributed by atoms with van der Waals surface area (Å²) in [6.45, 7) is 1.66. The average molecular weight is 404 g/mol. The third-order valence-electron chi connectivity index (χ3n) is 6.06. The topological polar surface area (TPSA) is 38.8 Å². The molecule has 1 unspecified atom stereocenters. The Hall–Kier alpha value is -2.39. The number of nitrogens with zero attached hydrogens (tertiary/aromatic N) is 2. The highest BCUT2D eigenvalue weighted by atomic mass is 31.2. The molecular weight excluding hydrogens is 379 g/mol. The van der Waals surface area contributed by atoms with Crippen LogP contribution in [0.1, 0.15) is 12.8 Å². The minimum absolute atomic E-state index is 0.325. The fraction of sp³-hybridized carbons (Fsp3) is 0.250. The molecule has 0 aromatic heterocycles. The highest BCUT2D eigenvalue weighted by Gasteiger charge is 2.57. The van der Waals surface area contributed by atoms with E-state index in [0.717, 1.165) is 53.8 Å². The Kier molecular flexibility index (Phi) is 4.79. The van der Waals surface area contributed by atoms with Gasteiger partial charge in [0.15, 0.2) is 18.8 Å². The van der Waals surface area contributed by atoms with Gasteiger partial charge >= 0.3 is 0 Å². The number of rotatable bonds is 4. The molecule has 5 heteroatoms. The van der Waals surface area contributed by atoms with Crippen molar-refractivity contribution in [3.63, 3.8) is 0 Å². The molecule has 4 nitrogen and oxygen atoms in total. The molecule has 3 aromatic carbocycles. The first-order valence-electron chi connectivity index (χ1n) is 10.2. The maximum atomic E-state index is 14.9. The maximum Gasteiger partial charge on any atom is 0.172 e. The van der Waals surface area contributed by atoms with E-state index in [9.17, 15) is 4.89 Å². The van der Waals surface area contributed by atoms with Crippen molar-refractivity contribution in [3.8, 4) is 16.9 Å². The van der Waals surface area contributed by atoms with Gasteiger partial charge < -0.3 is 9.63 Å². The van der Waals surface area contributed by atoms with Crippen molar-refractivity contribution >= 4 is 18.8 Å². The van der Waals surface area contributed by atoms with Crippen LogP contribution in [0.2, 0.25) is 0 Å². The van der Waals surface area contributed by atoms with Crippen molar-refractivity contribution in [1.29, 1.82) is 0 Å². The Morgan fingerprint density at radius 3 is 2.38 bits per heavy atom. The second-order valence-corrected chi connectivity index (χ2v) is 10.2. The number of anilines is 1. The van der Waals surface area contributed by atoms with Gasteiger partial charge in [0.05, 0.1) is 25.4 Å². The monoisotopic (exact) mass is 404 g/mol. The molecule has 0 amide bonds. The molecule has 3 aromatic rings. The van der Waals surface area contributed by atoms with Gasteiger partial charge in [-0.25, -0.2) is 4.67 Å². The van der Waals surface area contributed by atoms with Gasteiger partial charge in [-0.05, 0) is 36.6 Å². The second-order valence-electron chi connectivity index (χ2n) is 7.64. The van der Waals surface area contributed by atoms with E-state index in [1.54, 1.807) is 7.11 Å². The van der Waals surface area contributed by atoms with Gasteiger partial charge in [-0.15, -0.1) is 0 Å². The molecule has 148 valence electrons. The summed E-state index contributed by atoms with van der Waals surface area (Å²) in [6, 6.07) is 26.7. The van der Waals surface area contributed by atoms with Crippen molar-refractivity contribution in [2.45, 2.75) is 18.9 Å². The molecule has 0 bridgehead atoms. The summed E-state index contributed by atoms with van der Waals surface area (Å²) in [5.74, 6) is 0.718. The smallest absolute Gasteiger partial charge is 0.172 e. The Bertz CT molecular complexity index is 998. The number of benzene rings is 3. The average Bonchev–Trinajstić information content (AvgIpc) is 3.36. The molecule has 0 saturated carbocycles. The van der Waals surface area contributed by atoms with E-state index in [-0.39, 0.29) is 0 Å². The second kappa shape index (κ2) is 7.46. The van der Waals surface area contributed by atoms with Gasteiger partial charge in [0, 0.05) is 12.1 Å². The number of para-hydroxylation sites is 2. The quantitative estimate of drug-likeness (QED) is 0.614. The Labute approximate surface area is 172 Å². The highest BCUT2D eigenvalue weighted by Crippen LogP contribution is 2.66. The van der Waals surface area contributed by atoms with E-state index in [0.29, 0.717) is 6.04 Å². The molecular formula is C24H25N2O2P. The molecule has 0 radical (unpaired) electrons. The Balaban J connectivity index is 1.70. The van der Waals surface area contributed by atoms with Crippen molar-refractivity contribution in [3.05, 3.63) is 78.9 Å². The number of hydrogen-bond acceptors (Lipinski definition) is 4. The van der Waals surface area contributed by atoms with Crippen molar-refractivity contribution < 1.29 is 9.63 Å². The van der Waals surface area contributed by atoms with E-state index < -0.39 is 7.79 Å². The van der Waals surface area contributed by atoms with E-state index in [4.69, 9.17) is 4.74 Å². The van der Waals surface area contributed by atoms with Crippen LogP contribution in [0.5, 0.6) is 5.75 Å². The predicted octanol–water partition coefficient (Wildman–Crippen LogP) is 4.10. The SMILES string of the molecule is COc1c(-c2ccccc2)cccc1[P+]1([O-])N(c2ccccc2)C[C@@H]2CCCN21. The summed E-state index contributed by atoms with van der Waals surface area (Å²) < 4.78 is 10.3. The molecule has 2 heterocycles. The van der Waals surface area contributed by atoms with Gasteiger partial charge in [0.25, 0.3) is 0 Å². The molecule has 2 aliphatic rings. The van der Waals surface area contributed by atoms with Crippen LogP contribution in [0, 0.1) is 0 Å². The molecule has 2 aliphatic heterocycles. The summed E-state index contributed by atoms with van der Waals surface area (Å²) in [6.07, 6.45) is 2.19. The van der Waals surface area contributed by atoms with Crippen molar-refractivity contribution in [1.82, 2.24) is 4.67 Å². The lowest BCUT2D eigenvalue weighted by molar-refractivity contribution is -0.176. The normalized spacial score (nSPS) is 23.9. The zero-order valence-electron chi connectivity index (χ0n) is 16.6. The molecule has 0 N–H and O–H groups in total. The van der Waals surface area contributed by atoms with Crippen LogP contribution in [0.3, 0.4) is 0 Å². The van der Waals surface area contributed by atoms with Gasteiger partial charge in [-0.2, -0.15) is 4.67 Å². The maximum absolute atomic E-state index is 14.9. The minimum Gasteiger partial charge on any atom is -0.642 e. The minimum atomic E-state index is -3.02. The van der Waals surface area contributed by atoms with Crippen LogP contribution >= 0.6 is 7.79 Å². The van der Waals surface area contributed by atoms with Crippen LogP contribution in [-0.4, -0.2) is 30.9 Å². The molecule has 2 saturated heterocycles. The highest BCUT2D eigenvalue weighted by molar-refractivity contribution is 7.76. The van der Waals surface area contributed by atoms with Gasteiger partial charge in [0.1, 0.15) is 0 Å². The van der Waals surface area contributed by atoms with E-state index in [1.807, 2.05) is 54.6 Å². The number of hydrogen-bond donors (Lipinski definition) is 0. The van der Waals surface area contributed by atoms with Gasteiger partial charge in [0.2, 0.25) is 0 Å². The standard InChI is InChI=1S/C24H25N2O2P/c1-28-24-22(19-10-4-2-5-11-19)15-8-16-23(24)29(27)25-17-9-14-21(25)18-26(29)20-12-6-3-7-13-20/h2-8,10-13,15-16,21H,9,14,17-18H2,1H3/t21-,29?/m0/s1. The van der Waals surface area contributed by atoms with Crippen molar-refractivity contribution in [2.75, 3.05) is 24.9 Å². The van der Waals surface area contributed by atoms with Gasteiger partial charge in [-0.3, -0.25) is 0 Å². The molecule has 0 aliphatic carbocycles. The van der Waals surface area contributed by atoms with Crippen LogP contribution in [-0.2, 0) is 0 Å². The first-order chi connectivity index (χ1) is 14.2. The molecule has 2 fully saturated rings.